The Hall–Kier alpha value is -2.58. The molecule has 0 spiro atoms. The average Bonchev–Trinajstić information content (AvgIpc) is 3.00. The van der Waals surface area contributed by atoms with Crippen LogP contribution in [0.5, 0.6) is 0 Å². The van der Waals surface area contributed by atoms with Gasteiger partial charge in [-0.2, -0.15) is 0 Å². The first-order valence-corrected chi connectivity index (χ1v) is 7.95. The van der Waals surface area contributed by atoms with Crippen LogP contribution in [0.1, 0.15) is 11.4 Å². The summed E-state index contributed by atoms with van der Waals surface area (Å²) >= 11 is 1.54. The lowest BCUT2D eigenvalue weighted by Gasteiger charge is -2.11. The quantitative estimate of drug-likeness (QED) is 0.657. The number of thiazole rings is 1. The molecule has 0 saturated carbocycles. The summed E-state index contributed by atoms with van der Waals surface area (Å²) in [6.07, 6.45) is 5.95. The van der Waals surface area contributed by atoms with Crippen molar-refractivity contribution in [3.63, 3.8) is 0 Å². The van der Waals surface area contributed by atoms with Gasteiger partial charge in [-0.05, 0) is 37.6 Å². The lowest BCUT2D eigenvalue weighted by molar-refractivity contribution is 0.935. The first kappa shape index (κ1) is 15.3. The smallest absolute Gasteiger partial charge is 0.188 e. The van der Waals surface area contributed by atoms with Crippen LogP contribution in [0.25, 0.3) is 10.4 Å². The Bertz CT molecular complexity index is 801. The number of nitrogen functional groups attached to an aromatic ring is 1. The van der Waals surface area contributed by atoms with Crippen LogP contribution in [0.4, 0.5) is 16.8 Å². The Morgan fingerprint density at radius 1 is 1.22 bits per heavy atom. The second-order valence-corrected chi connectivity index (χ2v) is 5.94. The number of nitrogens with two attached hydrogens (primary N) is 2. The maximum atomic E-state index is 5.99. The Morgan fingerprint density at radius 2 is 2.00 bits per heavy atom. The predicted octanol–water partition coefficient (Wildman–Crippen LogP) is 2.13. The lowest BCUT2D eigenvalue weighted by atomic mass is 10.2. The summed E-state index contributed by atoms with van der Waals surface area (Å²) < 4.78 is 0. The zero-order valence-electron chi connectivity index (χ0n) is 12.7. The molecule has 0 radical (unpaired) electrons. The van der Waals surface area contributed by atoms with Gasteiger partial charge < -0.3 is 16.8 Å². The van der Waals surface area contributed by atoms with Gasteiger partial charge in [0.1, 0.15) is 17.5 Å². The molecule has 3 aromatic heterocycles. The van der Waals surface area contributed by atoms with Crippen molar-refractivity contribution in [2.75, 3.05) is 17.6 Å². The zero-order chi connectivity index (χ0) is 16.2. The molecule has 0 unspecified atom stereocenters. The Labute approximate surface area is 137 Å². The van der Waals surface area contributed by atoms with Crippen molar-refractivity contribution in [2.24, 2.45) is 5.73 Å². The van der Waals surface area contributed by atoms with Crippen LogP contribution in [0.15, 0.2) is 30.7 Å². The third kappa shape index (κ3) is 3.43. The van der Waals surface area contributed by atoms with Crippen LogP contribution in [0.3, 0.4) is 0 Å². The predicted molar refractivity (Wildman–Crippen MR) is 92.6 cm³/mol. The maximum absolute atomic E-state index is 5.99. The molecule has 0 saturated heterocycles. The molecule has 3 aromatic rings. The van der Waals surface area contributed by atoms with Gasteiger partial charge in [0, 0.05) is 24.2 Å². The summed E-state index contributed by atoms with van der Waals surface area (Å²) in [7, 11) is 0. The van der Waals surface area contributed by atoms with Crippen LogP contribution in [-0.4, -0.2) is 26.5 Å². The molecule has 8 heteroatoms. The van der Waals surface area contributed by atoms with E-state index < -0.39 is 0 Å². The normalized spacial score (nSPS) is 10.7. The fourth-order valence-corrected chi connectivity index (χ4v) is 3.02. The van der Waals surface area contributed by atoms with E-state index in [0.29, 0.717) is 30.4 Å². The van der Waals surface area contributed by atoms with E-state index in [4.69, 9.17) is 11.5 Å². The number of nitrogens with one attached hydrogen (secondary N) is 1. The van der Waals surface area contributed by atoms with Crippen LogP contribution in [0.2, 0.25) is 0 Å². The SMILES string of the molecule is Cc1nc(N)c(CCN)c(Nc2ncc(-c3ccncc3)s2)n1. The molecule has 0 bridgehead atoms. The highest BCUT2D eigenvalue weighted by Gasteiger charge is 2.12. The molecule has 0 atom stereocenters. The summed E-state index contributed by atoms with van der Waals surface area (Å²) in [6, 6.07) is 3.90. The molecule has 5 N–H and O–H groups in total. The van der Waals surface area contributed by atoms with Crippen LogP contribution < -0.4 is 16.8 Å². The van der Waals surface area contributed by atoms with Crippen molar-refractivity contribution >= 4 is 28.1 Å². The van der Waals surface area contributed by atoms with Crippen molar-refractivity contribution in [3.05, 3.63) is 42.1 Å². The summed E-state index contributed by atoms with van der Waals surface area (Å²) in [4.78, 5) is 18.1. The Balaban J connectivity index is 1.89. The van der Waals surface area contributed by atoms with Crippen molar-refractivity contribution in [2.45, 2.75) is 13.3 Å². The van der Waals surface area contributed by atoms with Gasteiger partial charge in [0.25, 0.3) is 0 Å². The molecule has 0 fully saturated rings. The third-order valence-electron chi connectivity index (χ3n) is 3.24. The van der Waals surface area contributed by atoms with E-state index in [1.165, 1.54) is 11.3 Å². The number of pyridine rings is 1. The summed E-state index contributed by atoms with van der Waals surface area (Å²) in [5.41, 5.74) is 13.5. The molecule has 7 nitrogen and oxygen atoms in total. The molecule has 23 heavy (non-hydrogen) atoms. The van der Waals surface area contributed by atoms with E-state index in [9.17, 15) is 0 Å². The van der Waals surface area contributed by atoms with Gasteiger partial charge in [-0.3, -0.25) is 4.98 Å². The Kier molecular flexibility index (Phi) is 4.45. The van der Waals surface area contributed by atoms with Crippen LogP contribution >= 0.6 is 11.3 Å². The van der Waals surface area contributed by atoms with Gasteiger partial charge in [-0.1, -0.05) is 11.3 Å². The number of aromatic nitrogens is 4. The van der Waals surface area contributed by atoms with Crippen molar-refractivity contribution in [1.29, 1.82) is 0 Å². The average molecular weight is 327 g/mol. The van der Waals surface area contributed by atoms with Crippen molar-refractivity contribution < 1.29 is 0 Å². The lowest BCUT2D eigenvalue weighted by Crippen LogP contribution is -2.11. The van der Waals surface area contributed by atoms with E-state index in [-0.39, 0.29) is 0 Å². The highest BCUT2D eigenvalue weighted by atomic mass is 32.1. The number of anilines is 3. The number of rotatable bonds is 5. The monoisotopic (exact) mass is 327 g/mol. The van der Waals surface area contributed by atoms with E-state index in [1.807, 2.05) is 18.3 Å². The first-order valence-electron chi connectivity index (χ1n) is 7.13. The fourth-order valence-electron chi connectivity index (χ4n) is 2.19. The molecule has 118 valence electrons. The summed E-state index contributed by atoms with van der Waals surface area (Å²) in [5, 5.41) is 3.98. The van der Waals surface area contributed by atoms with E-state index in [0.717, 1.165) is 21.1 Å². The topological polar surface area (TPSA) is 116 Å². The van der Waals surface area contributed by atoms with Crippen molar-refractivity contribution in [3.8, 4) is 10.4 Å². The standard InChI is InChI=1S/C15H17N7S/c1-9-20-13(17)11(2-5-16)14(21-9)22-15-19-8-12(23-15)10-3-6-18-7-4-10/h3-4,6-8H,2,5,16H2,1H3,(H3,17,19,20,21,22). The molecule has 0 aliphatic carbocycles. The Morgan fingerprint density at radius 3 is 2.74 bits per heavy atom. The highest BCUT2D eigenvalue weighted by Crippen LogP contribution is 2.31. The van der Waals surface area contributed by atoms with Crippen molar-refractivity contribution in [1.82, 2.24) is 19.9 Å². The molecular weight excluding hydrogens is 310 g/mol. The maximum Gasteiger partial charge on any atom is 0.188 e. The number of hydrogen-bond acceptors (Lipinski definition) is 8. The minimum atomic E-state index is 0.455. The largest absolute Gasteiger partial charge is 0.383 e. The van der Waals surface area contributed by atoms with Gasteiger partial charge in [-0.15, -0.1) is 0 Å². The molecule has 0 aromatic carbocycles. The molecule has 0 aliphatic heterocycles. The van der Waals surface area contributed by atoms with Crippen LogP contribution in [0, 0.1) is 6.92 Å². The summed E-state index contributed by atoms with van der Waals surface area (Å²) in [6.45, 7) is 2.28. The highest BCUT2D eigenvalue weighted by molar-refractivity contribution is 7.18. The van der Waals surface area contributed by atoms with E-state index in [1.54, 1.807) is 19.3 Å². The number of nitrogens with zero attached hydrogens (tertiary/aromatic N) is 4. The van der Waals surface area contributed by atoms with Gasteiger partial charge in [0.2, 0.25) is 0 Å². The van der Waals surface area contributed by atoms with Gasteiger partial charge >= 0.3 is 0 Å². The number of hydrogen-bond donors (Lipinski definition) is 3. The molecule has 0 aliphatic rings. The van der Waals surface area contributed by atoms with Gasteiger partial charge in [-0.25, -0.2) is 15.0 Å². The first-order chi connectivity index (χ1) is 11.2. The second-order valence-electron chi connectivity index (χ2n) is 4.91. The van der Waals surface area contributed by atoms with Crippen LogP contribution in [-0.2, 0) is 6.42 Å². The second kappa shape index (κ2) is 6.67. The van der Waals surface area contributed by atoms with E-state index in [2.05, 4.69) is 25.3 Å². The molecular formula is C15H17N7S. The van der Waals surface area contributed by atoms with E-state index >= 15 is 0 Å². The third-order valence-corrected chi connectivity index (χ3v) is 4.20. The molecule has 3 heterocycles. The molecule has 3 rings (SSSR count). The van der Waals surface area contributed by atoms with Gasteiger partial charge in [0.15, 0.2) is 5.13 Å². The fraction of sp³-hybridized carbons (Fsp3) is 0.200. The minimum Gasteiger partial charge on any atom is -0.383 e. The number of aryl methyl sites for hydroxylation is 1. The zero-order valence-corrected chi connectivity index (χ0v) is 13.5. The summed E-state index contributed by atoms with van der Waals surface area (Å²) in [5.74, 6) is 1.73. The molecule has 0 amide bonds. The van der Waals surface area contributed by atoms with Gasteiger partial charge in [0.05, 0.1) is 4.88 Å². The minimum absolute atomic E-state index is 0.455.